The van der Waals surface area contributed by atoms with Crippen LogP contribution >= 0.6 is 23.4 Å². The highest BCUT2D eigenvalue weighted by molar-refractivity contribution is 8.00. The molecule has 0 unspecified atom stereocenters. The van der Waals surface area contributed by atoms with Gasteiger partial charge in [0.2, 0.25) is 5.91 Å². The SMILES string of the molecule is Cc1ccc(NS(=O)(=O)c2ccc(NC(=O)c3ccc([C@@H]4SCC(=O)N4CCc4ccccc4)cc3)cc2)cc1Cl. The quantitative estimate of drug-likeness (QED) is 0.226. The molecule has 1 fully saturated rings. The second-order valence-corrected chi connectivity index (χ2v) is 12.8. The lowest BCUT2D eigenvalue weighted by atomic mass is 10.1. The summed E-state index contributed by atoms with van der Waals surface area (Å²) < 4.78 is 28.1. The van der Waals surface area contributed by atoms with E-state index in [9.17, 15) is 18.0 Å². The third-order valence-electron chi connectivity index (χ3n) is 6.76. The van der Waals surface area contributed by atoms with E-state index in [2.05, 4.69) is 22.2 Å². The van der Waals surface area contributed by atoms with Crippen molar-refractivity contribution in [2.75, 3.05) is 22.3 Å². The van der Waals surface area contributed by atoms with Crippen LogP contribution in [0.25, 0.3) is 0 Å². The molecule has 2 amide bonds. The van der Waals surface area contributed by atoms with Gasteiger partial charge in [-0.1, -0.05) is 60.1 Å². The molecule has 0 spiro atoms. The first-order valence-corrected chi connectivity index (χ1v) is 15.9. The Balaban J connectivity index is 1.20. The van der Waals surface area contributed by atoms with Crippen LogP contribution in [0.3, 0.4) is 0 Å². The molecule has 4 aromatic carbocycles. The maximum Gasteiger partial charge on any atom is 0.261 e. The van der Waals surface area contributed by atoms with Gasteiger partial charge in [0.05, 0.1) is 16.3 Å². The lowest BCUT2D eigenvalue weighted by Gasteiger charge is -2.24. The molecule has 1 atom stereocenters. The van der Waals surface area contributed by atoms with Crippen molar-refractivity contribution in [2.24, 2.45) is 0 Å². The standard InChI is InChI=1S/C31H28ClN3O4S2/c1-21-7-12-26(19-28(21)32)34-41(38,39)27-15-13-25(14-16-27)33-30(37)23-8-10-24(11-9-23)31-35(29(36)20-40-31)18-17-22-5-3-2-4-6-22/h2-16,19,31,34H,17-18,20H2,1H3,(H,33,37)/t31-/m0/s1. The zero-order valence-electron chi connectivity index (χ0n) is 22.2. The van der Waals surface area contributed by atoms with Crippen molar-refractivity contribution < 1.29 is 18.0 Å². The van der Waals surface area contributed by atoms with E-state index in [1.165, 1.54) is 29.8 Å². The minimum absolute atomic E-state index is 0.0528. The van der Waals surface area contributed by atoms with Gasteiger partial charge < -0.3 is 10.2 Å². The molecule has 2 N–H and O–H groups in total. The van der Waals surface area contributed by atoms with Crippen LogP contribution in [-0.4, -0.2) is 37.4 Å². The molecule has 41 heavy (non-hydrogen) atoms. The molecule has 0 saturated carbocycles. The van der Waals surface area contributed by atoms with Crippen LogP contribution in [-0.2, 0) is 21.2 Å². The molecule has 1 heterocycles. The van der Waals surface area contributed by atoms with Gasteiger partial charge in [-0.05, 0) is 78.6 Å². The van der Waals surface area contributed by atoms with Crippen LogP contribution in [0.4, 0.5) is 11.4 Å². The number of carbonyl (C=O) groups is 2. The molecule has 1 aliphatic rings. The highest BCUT2D eigenvalue weighted by atomic mass is 35.5. The Morgan fingerprint density at radius 2 is 1.63 bits per heavy atom. The average Bonchev–Trinajstić information content (AvgIpc) is 3.34. The summed E-state index contributed by atoms with van der Waals surface area (Å²) in [5.74, 6) is 0.221. The van der Waals surface area contributed by atoms with Crippen molar-refractivity contribution in [3.05, 3.63) is 124 Å². The molecule has 5 rings (SSSR count). The zero-order valence-corrected chi connectivity index (χ0v) is 24.6. The van der Waals surface area contributed by atoms with E-state index in [4.69, 9.17) is 11.6 Å². The number of halogens is 1. The van der Waals surface area contributed by atoms with Crippen LogP contribution in [0, 0.1) is 6.92 Å². The fraction of sp³-hybridized carbons (Fsp3) is 0.161. The first-order valence-electron chi connectivity index (χ1n) is 12.9. The summed E-state index contributed by atoms with van der Waals surface area (Å²) in [5, 5.41) is 3.17. The summed E-state index contributed by atoms with van der Waals surface area (Å²) in [6.45, 7) is 2.46. The van der Waals surface area contributed by atoms with E-state index in [0.717, 1.165) is 17.5 Å². The first kappa shape index (κ1) is 28.7. The summed E-state index contributed by atoms with van der Waals surface area (Å²) in [5.41, 5.74) is 4.26. The Kier molecular flexibility index (Phi) is 8.68. The normalized spacial score (nSPS) is 15.1. The molecule has 1 saturated heterocycles. The zero-order chi connectivity index (χ0) is 29.0. The van der Waals surface area contributed by atoms with Gasteiger partial charge in [0.15, 0.2) is 0 Å². The van der Waals surface area contributed by atoms with Gasteiger partial charge in [-0.15, -0.1) is 11.8 Å². The van der Waals surface area contributed by atoms with E-state index in [-0.39, 0.29) is 22.1 Å². The van der Waals surface area contributed by atoms with Crippen molar-refractivity contribution >= 4 is 56.6 Å². The van der Waals surface area contributed by atoms with E-state index in [1.54, 1.807) is 42.1 Å². The number of nitrogens with one attached hydrogen (secondary N) is 2. The maximum absolute atomic E-state index is 12.9. The highest BCUT2D eigenvalue weighted by Gasteiger charge is 2.32. The molecular weight excluding hydrogens is 578 g/mol. The van der Waals surface area contributed by atoms with Gasteiger partial charge in [-0.2, -0.15) is 0 Å². The summed E-state index contributed by atoms with van der Waals surface area (Å²) in [4.78, 5) is 27.4. The summed E-state index contributed by atoms with van der Waals surface area (Å²) in [7, 11) is -3.83. The minimum Gasteiger partial charge on any atom is -0.326 e. The Morgan fingerprint density at radius 1 is 0.951 bits per heavy atom. The lowest BCUT2D eigenvalue weighted by molar-refractivity contribution is -0.128. The molecule has 0 aromatic heterocycles. The Morgan fingerprint density at radius 3 is 2.32 bits per heavy atom. The number of aryl methyl sites for hydroxylation is 1. The van der Waals surface area contributed by atoms with Gasteiger partial charge in [-0.3, -0.25) is 14.3 Å². The lowest BCUT2D eigenvalue weighted by Crippen LogP contribution is -2.30. The number of benzene rings is 4. The molecule has 7 nitrogen and oxygen atoms in total. The van der Waals surface area contributed by atoms with Crippen LogP contribution in [0.15, 0.2) is 102 Å². The smallest absolute Gasteiger partial charge is 0.261 e. The fourth-order valence-electron chi connectivity index (χ4n) is 4.46. The minimum atomic E-state index is -3.83. The number of hydrogen-bond acceptors (Lipinski definition) is 5. The van der Waals surface area contributed by atoms with E-state index in [0.29, 0.717) is 34.3 Å². The Bertz CT molecular complexity index is 1660. The molecule has 210 valence electrons. The number of amides is 2. The molecule has 0 radical (unpaired) electrons. The van der Waals surface area contributed by atoms with E-state index >= 15 is 0 Å². The largest absolute Gasteiger partial charge is 0.326 e. The summed E-state index contributed by atoms with van der Waals surface area (Å²) >= 11 is 7.69. The van der Waals surface area contributed by atoms with Crippen molar-refractivity contribution in [3.63, 3.8) is 0 Å². The van der Waals surface area contributed by atoms with Crippen molar-refractivity contribution in [1.82, 2.24) is 4.90 Å². The average molecular weight is 606 g/mol. The van der Waals surface area contributed by atoms with Gasteiger partial charge in [0, 0.05) is 22.8 Å². The van der Waals surface area contributed by atoms with Crippen molar-refractivity contribution in [2.45, 2.75) is 23.6 Å². The molecule has 4 aromatic rings. The van der Waals surface area contributed by atoms with Gasteiger partial charge in [0.1, 0.15) is 5.37 Å². The number of rotatable bonds is 9. The summed E-state index contributed by atoms with van der Waals surface area (Å²) in [6.07, 6.45) is 0.778. The summed E-state index contributed by atoms with van der Waals surface area (Å²) in [6, 6.07) is 28.2. The number of sulfonamides is 1. The second-order valence-electron chi connectivity index (χ2n) is 9.66. The number of anilines is 2. The Labute approximate surface area is 249 Å². The van der Waals surface area contributed by atoms with Crippen LogP contribution in [0.5, 0.6) is 0 Å². The van der Waals surface area contributed by atoms with Crippen LogP contribution in [0.2, 0.25) is 5.02 Å². The third kappa shape index (κ3) is 6.93. The number of carbonyl (C=O) groups excluding carboxylic acids is 2. The molecule has 0 aliphatic carbocycles. The predicted molar refractivity (Wildman–Crippen MR) is 165 cm³/mol. The van der Waals surface area contributed by atoms with Gasteiger partial charge in [0.25, 0.3) is 15.9 Å². The second kappa shape index (κ2) is 12.4. The topological polar surface area (TPSA) is 95.6 Å². The molecule has 1 aliphatic heterocycles. The van der Waals surface area contributed by atoms with Gasteiger partial charge in [-0.25, -0.2) is 8.42 Å². The predicted octanol–water partition coefficient (Wildman–Crippen LogP) is 6.52. The van der Waals surface area contributed by atoms with Crippen LogP contribution in [0.1, 0.15) is 32.4 Å². The monoisotopic (exact) mass is 605 g/mol. The molecular formula is C31H28ClN3O4S2. The van der Waals surface area contributed by atoms with Crippen molar-refractivity contribution in [3.8, 4) is 0 Å². The first-order chi connectivity index (χ1) is 19.7. The molecule has 0 bridgehead atoms. The fourth-order valence-corrected chi connectivity index (χ4v) is 6.91. The number of thioether (sulfide) groups is 1. The number of nitrogens with zero attached hydrogens (tertiary/aromatic N) is 1. The van der Waals surface area contributed by atoms with Gasteiger partial charge >= 0.3 is 0 Å². The molecule has 10 heteroatoms. The number of hydrogen-bond donors (Lipinski definition) is 2. The maximum atomic E-state index is 12.9. The van der Waals surface area contributed by atoms with E-state index in [1.807, 2.05) is 42.2 Å². The van der Waals surface area contributed by atoms with E-state index < -0.39 is 10.0 Å². The third-order valence-corrected chi connectivity index (χ3v) is 9.82. The van der Waals surface area contributed by atoms with Crippen LogP contribution < -0.4 is 10.0 Å². The Hall–Kier alpha value is -3.79. The highest BCUT2D eigenvalue weighted by Crippen LogP contribution is 2.38. The van der Waals surface area contributed by atoms with Crippen molar-refractivity contribution in [1.29, 1.82) is 0 Å².